The van der Waals surface area contributed by atoms with E-state index in [9.17, 15) is 19.7 Å². The minimum atomic E-state index is -0.592. The van der Waals surface area contributed by atoms with Crippen LogP contribution in [0, 0.1) is 10.1 Å². The minimum Gasteiger partial charge on any atom is -0.494 e. The summed E-state index contributed by atoms with van der Waals surface area (Å²) in [6.07, 6.45) is 2.83. The Kier molecular flexibility index (Phi) is 8.24. The third-order valence-electron chi connectivity index (χ3n) is 3.31. The predicted molar refractivity (Wildman–Crippen MR) is 105 cm³/mol. The van der Waals surface area contributed by atoms with E-state index in [-0.39, 0.29) is 35.8 Å². The van der Waals surface area contributed by atoms with Gasteiger partial charge < -0.3 is 25.4 Å². The van der Waals surface area contributed by atoms with Crippen molar-refractivity contribution in [3.8, 4) is 5.75 Å². The number of hydrogen-bond donors (Lipinski definition) is 3. The predicted octanol–water partition coefficient (Wildman–Crippen LogP) is 2.46. The van der Waals surface area contributed by atoms with Gasteiger partial charge in [-0.15, -0.1) is 0 Å². The largest absolute Gasteiger partial charge is 0.494 e. The first kappa shape index (κ1) is 22.7. The van der Waals surface area contributed by atoms with Crippen LogP contribution in [0.1, 0.15) is 31.1 Å². The van der Waals surface area contributed by atoms with Crippen molar-refractivity contribution < 1.29 is 24.0 Å². The number of rotatable bonds is 8. The zero-order chi connectivity index (χ0) is 21.3. The van der Waals surface area contributed by atoms with Gasteiger partial charge in [-0.2, -0.15) is 0 Å². The molecule has 0 spiro atoms. The molecule has 0 saturated heterocycles. The molecule has 1 aromatic carbocycles. The van der Waals surface area contributed by atoms with Crippen LogP contribution in [0.4, 0.5) is 16.2 Å². The second kappa shape index (κ2) is 10.1. The lowest BCUT2D eigenvalue weighted by Gasteiger charge is -2.19. The van der Waals surface area contributed by atoms with Gasteiger partial charge in [-0.05, 0) is 26.8 Å². The summed E-state index contributed by atoms with van der Waals surface area (Å²) in [5, 5.41) is 19.2. The lowest BCUT2D eigenvalue weighted by Crippen LogP contribution is -2.32. The van der Waals surface area contributed by atoms with Gasteiger partial charge in [0.15, 0.2) is 5.69 Å². The molecule has 1 rings (SSSR count). The smallest absolute Gasteiger partial charge is 0.407 e. The Bertz CT molecular complexity index is 755. The number of ether oxygens (including phenoxy) is 2. The summed E-state index contributed by atoms with van der Waals surface area (Å²) in [4.78, 5) is 34.1. The summed E-state index contributed by atoms with van der Waals surface area (Å²) in [5.41, 5.74) is -0.581. The highest BCUT2D eigenvalue weighted by atomic mass is 16.6. The molecule has 0 heterocycles. The molecule has 0 fully saturated rings. The van der Waals surface area contributed by atoms with E-state index >= 15 is 0 Å². The summed E-state index contributed by atoms with van der Waals surface area (Å²) in [6, 6.07) is 2.60. The van der Waals surface area contributed by atoms with Gasteiger partial charge in [0.05, 0.1) is 12.0 Å². The molecule has 0 radical (unpaired) electrons. The molecule has 10 nitrogen and oxygen atoms in total. The average molecular weight is 394 g/mol. The van der Waals surface area contributed by atoms with E-state index in [0.29, 0.717) is 0 Å². The number of nitrogens with one attached hydrogen (secondary N) is 3. The van der Waals surface area contributed by atoms with Gasteiger partial charge in [-0.1, -0.05) is 12.2 Å². The number of nitro groups is 1. The van der Waals surface area contributed by atoms with Gasteiger partial charge in [-0.3, -0.25) is 14.9 Å². The summed E-state index contributed by atoms with van der Waals surface area (Å²) in [6.45, 7) is 5.78. The number of carbonyl (C=O) groups excluding carboxylic acids is 2. The zero-order valence-corrected chi connectivity index (χ0v) is 16.6. The molecule has 0 unspecified atom stereocenters. The molecule has 0 bridgehead atoms. The Balaban J connectivity index is 2.77. The molecule has 10 heteroatoms. The maximum absolute atomic E-state index is 11.8. The number of nitrogens with zero attached hydrogens (tertiary/aromatic N) is 1. The summed E-state index contributed by atoms with van der Waals surface area (Å²) in [7, 11) is 2.79. The van der Waals surface area contributed by atoms with Crippen LogP contribution in [0.15, 0.2) is 24.3 Å². The van der Waals surface area contributed by atoms with Gasteiger partial charge in [0, 0.05) is 31.8 Å². The van der Waals surface area contributed by atoms with Crippen molar-refractivity contribution in [1.29, 1.82) is 0 Å². The summed E-state index contributed by atoms with van der Waals surface area (Å²) in [5.74, 6) is -0.283. The number of hydrogen-bond acceptors (Lipinski definition) is 7. The van der Waals surface area contributed by atoms with E-state index in [1.54, 1.807) is 32.9 Å². The summed E-state index contributed by atoms with van der Waals surface area (Å²) >= 11 is 0. The van der Waals surface area contributed by atoms with E-state index in [2.05, 4.69) is 16.0 Å². The van der Waals surface area contributed by atoms with Crippen LogP contribution in [0.3, 0.4) is 0 Å². The molecule has 154 valence electrons. The first-order valence-electron chi connectivity index (χ1n) is 8.53. The molecule has 1 aromatic rings. The number of carbonyl (C=O) groups is 2. The Morgan fingerprint density at radius 2 is 1.86 bits per heavy atom. The van der Waals surface area contributed by atoms with Crippen molar-refractivity contribution in [2.45, 2.75) is 26.4 Å². The number of amides is 2. The maximum Gasteiger partial charge on any atom is 0.407 e. The van der Waals surface area contributed by atoms with Crippen LogP contribution in [-0.4, -0.2) is 49.8 Å². The quantitative estimate of drug-likeness (QED) is 0.350. The highest BCUT2D eigenvalue weighted by Crippen LogP contribution is 2.35. The standard InChI is InChI=1S/C18H26N4O6/c1-18(2,3)28-17(24)21-9-7-6-8-20-15-13(22(25)26)10-12(16(23)19-4)11-14(15)27-5/h6-7,10-11,20H,8-9H2,1-5H3,(H,19,23)(H,21,24)/b7-6+. The first-order chi connectivity index (χ1) is 13.1. The lowest BCUT2D eigenvalue weighted by atomic mass is 10.1. The molecule has 0 saturated carbocycles. The zero-order valence-electron chi connectivity index (χ0n) is 16.6. The van der Waals surface area contributed by atoms with Crippen molar-refractivity contribution in [1.82, 2.24) is 10.6 Å². The Hall–Kier alpha value is -3.30. The van der Waals surface area contributed by atoms with Crippen molar-refractivity contribution in [2.75, 3.05) is 32.6 Å². The van der Waals surface area contributed by atoms with E-state index in [1.165, 1.54) is 26.3 Å². The molecule has 0 aliphatic carbocycles. The van der Waals surface area contributed by atoms with Crippen LogP contribution >= 0.6 is 0 Å². The third-order valence-corrected chi connectivity index (χ3v) is 3.31. The van der Waals surface area contributed by atoms with Crippen LogP contribution in [0.25, 0.3) is 0 Å². The second-order valence-corrected chi connectivity index (χ2v) is 6.64. The number of methoxy groups -OCH3 is 1. The van der Waals surface area contributed by atoms with E-state index in [1.807, 2.05) is 0 Å². The Morgan fingerprint density at radius 1 is 1.21 bits per heavy atom. The highest BCUT2D eigenvalue weighted by molar-refractivity contribution is 5.96. The molecule has 0 aliphatic heterocycles. The van der Waals surface area contributed by atoms with Crippen LogP contribution in [0.2, 0.25) is 0 Å². The highest BCUT2D eigenvalue weighted by Gasteiger charge is 2.22. The maximum atomic E-state index is 11.8. The fourth-order valence-corrected chi connectivity index (χ4v) is 2.14. The van der Waals surface area contributed by atoms with Crippen molar-refractivity contribution in [3.05, 3.63) is 40.0 Å². The normalized spacial score (nSPS) is 11.0. The minimum absolute atomic E-state index is 0.119. The van der Waals surface area contributed by atoms with Crippen LogP contribution in [0.5, 0.6) is 5.75 Å². The molecule has 0 aliphatic rings. The van der Waals surface area contributed by atoms with Gasteiger partial charge >= 0.3 is 6.09 Å². The first-order valence-corrected chi connectivity index (χ1v) is 8.53. The van der Waals surface area contributed by atoms with E-state index < -0.39 is 22.5 Å². The van der Waals surface area contributed by atoms with E-state index in [0.717, 1.165) is 0 Å². The number of anilines is 1. The topological polar surface area (TPSA) is 132 Å². The molecule has 0 atom stereocenters. The monoisotopic (exact) mass is 394 g/mol. The molecule has 3 N–H and O–H groups in total. The van der Waals surface area contributed by atoms with E-state index in [4.69, 9.17) is 9.47 Å². The molecule has 2 amide bonds. The SMILES string of the molecule is CNC(=O)c1cc(OC)c(NC/C=C/CNC(=O)OC(C)(C)C)c([N+](=O)[O-])c1. The Labute approximate surface area is 163 Å². The molecular weight excluding hydrogens is 368 g/mol. The number of nitro benzene ring substituents is 1. The number of benzene rings is 1. The fraction of sp³-hybridized carbons (Fsp3) is 0.444. The molecule has 0 aromatic heterocycles. The van der Waals surface area contributed by atoms with Crippen molar-refractivity contribution in [3.63, 3.8) is 0 Å². The van der Waals surface area contributed by atoms with Gasteiger partial charge in [0.25, 0.3) is 11.6 Å². The third kappa shape index (κ3) is 7.14. The average Bonchev–Trinajstić information content (AvgIpc) is 2.61. The van der Waals surface area contributed by atoms with Gasteiger partial charge in [0.2, 0.25) is 0 Å². The fourth-order valence-electron chi connectivity index (χ4n) is 2.14. The van der Waals surface area contributed by atoms with Gasteiger partial charge in [0.1, 0.15) is 11.4 Å². The Morgan fingerprint density at radius 3 is 2.39 bits per heavy atom. The van der Waals surface area contributed by atoms with Crippen LogP contribution < -0.4 is 20.7 Å². The lowest BCUT2D eigenvalue weighted by molar-refractivity contribution is -0.384. The van der Waals surface area contributed by atoms with Crippen molar-refractivity contribution in [2.24, 2.45) is 0 Å². The van der Waals surface area contributed by atoms with Gasteiger partial charge in [-0.25, -0.2) is 4.79 Å². The molecular formula is C18H26N4O6. The number of alkyl carbamates (subject to hydrolysis) is 1. The summed E-state index contributed by atoms with van der Waals surface area (Å²) < 4.78 is 10.3. The van der Waals surface area contributed by atoms with Crippen LogP contribution in [-0.2, 0) is 4.74 Å². The molecule has 28 heavy (non-hydrogen) atoms. The van der Waals surface area contributed by atoms with Crippen molar-refractivity contribution >= 4 is 23.4 Å². The second-order valence-electron chi connectivity index (χ2n) is 6.64.